The van der Waals surface area contributed by atoms with Crippen molar-refractivity contribution >= 4 is 44.9 Å². The Bertz CT molecular complexity index is 2230. The first-order valence-electron chi connectivity index (χ1n) is 20.1. The molecule has 7 rings (SSSR count). The Morgan fingerprint density at radius 3 is 2.42 bits per heavy atom. The summed E-state index contributed by atoms with van der Waals surface area (Å²) in [6.07, 6.45) is -3.83. The van der Waals surface area contributed by atoms with Crippen molar-refractivity contribution in [1.82, 2.24) is 30.2 Å². The van der Waals surface area contributed by atoms with E-state index in [-0.39, 0.29) is 41.8 Å². The third-order valence-corrected chi connectivity index (χ3v) is 14.5. The summed E-state index contributed by atoms with van der Waals surface area (Å²) in [7, 11) is -2.91. The molecule has 7 atom stereocenters. The van der Waals surface area contributed by atoms with Crippen molar-refractivity contribution in [2.24, 2.45) is 17.3 Å². The van der Waals surface area contributed by atoms with Crippen molar-refractivity contribution in [2.75, 3.05) is 13.7 Å². The third kappa shape index (κ3) is 8.19. The average molecular weight is 867 g/mol. The lowest BCUT2D eigenvalue weighted by molar-refractivity contribution is -0.142. The molecule has 3 saturated carbocycles. The Hall–Kier alpha value is -4.75. The second-order valence-electron chi connectivity index (χ2n) is 17.8. The number of halogens is 4. The number of carbonyl (C=O) groups is 4. The van der Waals surface area contributed by atoms with E-state index in [9.17, 15) is 36.4 Å². The number of methoxy groups -OCH3 is 1. The maximum Gasteiger partial charge on any atom is 0.408 e. The van der Waals surface area contributed by atoms with E-state index < -0.39 is 123 Å². The minimum absolute atomic E-state index is 0.000419. The van der Waals surface area contributed by atoms with Gasteiger partial charge in [-0.05, 0) is 81.4 Å². The zero-order chi connectivity index (χ0) is 43.7. The molecule has 2 bridgehead atoms. The highest BCUT2D eigenvalue weighted by atomic mass is 32.2. The summed E-state index contributed by atoms with van der Waals surface area (Å²) in [5.41, 5.74) is -3.94. The van der Waals surface area contributed by atoms with Gasteiger partial charge in [-0.3, -0.25) is 19.1 Å². The molecule has 1 saturated heterocycles. The fraction of sp³-hybridized carbons (Fsp3) is 0.650. The number of alkyl carbamates (subject to hydrolysis) is 1. The number of ether oxygens (including phenoxy) is 3. The van der Waals surface area contributed by atoms with Crippen molar-refractivity contribution in [2.45, 2.75) is 133 Å². The van der Waals surface area contributed by atoms with Gasteiger partial charge in [0.1, 0.15) is 35.6 Å². The molecule has 1 aromatic carbocycles. The van der Waals surface area contributed by atoms with Gasteiger partial charge in [-0.2, -0.15) is 8.78 Å². The van der Waals surface area contributed by atoms with Gasteiger partial charge < -0.3 is 29.7 Å². The number of amides is 4. The first-order chi connectivity index (χ1) is 28.0. The fourth-order valence-corrected chi connectivity index (χ4v) is 9.38. The molecule has 3 N–H and O–H groups in total. The molecule has 2 aromatic rings. The largest absolute Gasteiger partial charge is 0.497 e. The van der Waals surface area contributed by atoms with Crippen LogP contribution in [0.4, 0.5) is 22.4 Å². The number of sulfonamides is 1. The highest BCUT2D eigenvalue weighted by Crippen LogP contribution is 2.50. The van der Waals surface area contributed by atoms with Crippen LogP contribution in [0.1, 0.15) is 91.7 Å². The van der Waals surface area contributed by atoms with Crippen LogP contribution in [0.3, 0.4) is 0 Å². The Balaban J connectivity index is 1.31. The molecule has 0 radical (unpaired) electrons. The number of allylic oxidation sites excluding steroid dienone is 1. The van der Waals surface area contributed by atoms with Crippen molar-refractivity contribution in [3.8, 4) is 11.6 Å². The van der Waals surface area contributed by atoms with Gasteiger partial charge in [0.25, 0.3) is 11.8 Å². The van der Waals surface area contributed by atoms with E-state index in [2.05, 4.69) is 20.6 Å². The highest BCUT2D eigenvalue weighted by Gasteiger charge is 2.67. The van der Waals surface area contributed by atoms with Crippen LogP contribution in [0, 0.1) is 17.3 Å². The Kier molecular flexibility index (Phi) is 11.1. The SMILES string of the molecule is C/C=C1/[C@@H]2CN(C(=O)[C@H](C(C)(C)C)NC(=O)O[C@@H]3C[C@H]3CCCCC(F)(F)c3nc4ccc(OC)cc4nc3O2)[C@@H]1C(=O)N[C@]1(C(=O)NS(=O)(=O)C2(C)CC2)C[C@H]1C(F)F. The van der Waals surface area contributed by atoms with E-state index in [1.165, 1.54) is 45.2 Å². The summed E-state index contributed by atoms with van der Waals surface area (Å²) in [6.45, 7) is 7.34. The van der Waals surface area contributed by atoms with Crippen LogP contribution in [-0.2, 0) is 35.1 Å². The third-order valence-electron chi connectivity index (χ3n) is 12.4. The first-order valence-corrected chi connectivity index (χ1v) is 21.5. The Labute approximate surface area is 344 Å². The average Bonchev–Trinajstić information content (AvgIpc) is 4.12. The lowest BCUT2D eigenvalue weighted by atomic mass is 9.85. The molecule has 0 unspecified atom stereocenters. The number of hydrogen-bond donors (Lipinski definition) is 3. The van der Waals surface area contributed by atoms with Gasteiger partial charge in [-0.1, -0.05) is 33.3 Å². The van der Waals surface area contributed by atoms with E-state index in [0.717, 1.165) is 4.90 Å². The van der Waals surface area contributed by atoms with Crippen LogP contribution in [0.25, 0.3) is 11.0 Å². The second-order valence-corrected chi connectivity index (χ2v) is 20.0. The van der Waals surface area contributed by atoms with Gasteiger partial charge in [0.2, 0.25) is 34.1 Å². The number of aromatic nitrogens is 2. The number of fused-ring (bicyclic) bond motifs is 5. The van der Waals surface area contributed by atoms with E-state index in [0.29, 0.717) is 25.0 Å². The molecule has 60 heavy (non-hydrogen) atoms. The lowest BCUT2D eigenvalue weighted by Crippen LogP contribution is -2.60. The minimum atomic E-state index is -4.33. The van der Waals surface area contributed by atoms with Gasteiger partial charge in [-0.25, -0.2) is 32.0 Å². The first kappa shape index (κ1) is 43.3. The molecule has 3 aliphatic carbocycles. The molecular weight excluding hydrogens is 817 g/mol. The minimum Gasteiger partial charge on any atom is -0.497 e. The van der Waals surface area contributed by atoms with Gasteiger partial charge in [0.05, 0.1) is 35.4 Å². The quantitative estimate of drug-likeness (QED) is 0.254. The monoisotopic (exact) mass is 866 g/mol. The molecule has 4 amide bonds. The fourth-order valence-electron chi connectivity index (χ4n) is 8.07. The maximum atomic E-state index is 16.3. The van der Waals surface area contributed by atoms with Crippen molar-refractivity contribution < 1.29 is 59.4 Å². The van der Waals surface area contributed by atoms with Crippen LogP contribution in [0.15, 0.2) is 29.8 Å². The number of nitrogens with one attached hydrogen (secondary N) is 3. The summed E-state index contributed by atoms with van der Waals surface area (Å²) in [5, 5.41) is 5.00. The van der Waals surface area contributed by atoms with Crippen molar-refractivity contribution in [3.63, 3.8) is 0 Å². The number of rotatable bonds is 7. The molecule has 2 aliphatic heterocycles. The van der Waals surface area contributed by atoms with Crippen LogP contribution >= 0.6 is 0 Å². The van der Waals surface area contributed by atoms with Gasteiger partial charge >= 0.3 is 6.09 Å². The maximum absolute atomic E-state index is 16.3. The standard InChI is InChI=1S/C40H50F4N6O9S/c1-7-22-27-19-50(28(22)32(51)48-39(18-23(39)31(41)42)35(53)49-60(55,56)38(5)14-15-38)34(52)30(37(2,3)4)47-36(54)59-26-16-20(26)10-8-9-13-40(43,44)29-33(58-27)46-25-17-21(57-6)11-12-24(25)45-29/h7,11-12,17,20,23,26-28,30-31H,8-10,13-16,18-19H2,1-6H3,(H,47,54)(H,48,51)(H,49,53)/b22-7-/t20-,23+,26-,27+,28+,30-,39-/m1/s1. The predicted octanol–water partition coefficient (Wildman–Crippen LogP) is 4.88. The number of carbonyl (C=O) groups excluding carboxylic acids is 4. The van der Waals surface area contributed by atoms with Crippen molar-refractivity contribution in [1.29, 1.82) is 0 Å². The van der Waals surface area contributed by atoms with Crippen LogP contribution in [-0.4, -0.2) is 102 Å². The van der Waals surface area contributed by atoms with Crippen LogP contribution in [0.5, 0.6) is 11.6 Å². The summed E-state index contributed by atoms with van der Waals surface area (Å²) in [4.78, 5) is 66.1. The predicted molar refractivity (Wildman–Crippen MR) is 207 cm³/mol. The summed E-state index contributed by atoms with van der Waals surface area (Å²) < 4.78 is 105. The molecule has 3 heterocycles. The Morgan fingerprint density at radius 2 is 1.80 bits per heavy atom. The summed E-state index contributed by atoms with van der Waals surface area (Å²) in [6, 6.07) is 1.39. The molecule has 5 aliphatic rings. The molecule has 20 heteroatoms. The summed E-state index contributed by atoms with van der Waals surface area (Å²) in [5.74, 6) is -9.03. The number of benzene rings is 1. The van der Waals surface area contributed by atoms with Crippen LogP contribution < -0.4 is 24.8 Å². The molecule has 4 fully saturated rings. The van der Waals surface area contributed by atoms with E-state index in [1.54, 1.807) is 20.8 Å². The van der Waals surface area contributed by atoms with Crippen molar-refractivity contribution in [3.05, 3.63) is 35.5 Å². The number of hydrogen-bond acceptors (Lipinski definition) is 11. The lowest BCUT2D eigenvalue weighted by Gasteiger charge is -2.35. The Morgan fingerprint density at radius 1 is 1.08 bits per heavy atom. The second kappa shape index (κ2) is 15.3. The molecule has 328 valence electrons. The summed E-state index contributed by atoms with van der Waals surface area (Å²) >= 11 is 0. The van der Waals surface area contributed by atoms with E-state index in [4.69, 9.17) is 14.2 Å². The number of alkyl halides is 4. The molecule has 1 aromatic heterocycles. The molecule has 15 nitrogen and oxygen atoms in total. The molecule has 0 spiro atoms. The topological polar surface area (TPSA) is 195 Å². The zero-order valence-electron chi connectivity index (χ0n) is 34.2. The zero-order valence-corrected chi connectivity index (χ0v) is 35.0. The normalized spacial score (nSPS) is 30.8. The van der Waals surface area contributed by atoms with Gasteiger partial charge in [-0.15, -0.1) is 0 Å². The smallest absolute Gasteiger partial charge is 0.408 e. The van der Waals surface area contributed by atoms with Gasteiger partial charge in [0, 0.05) is 12.5 Å². The van der Waals surface area contributed by atoms with E-state index in [1.807, 2.05) is 4.72 Å². The van der Waals surface area contributed by atoms with Gasteiger partial charge in [0.15, 0.2) is 5.69 Å². The number of nitrogens with zero attached hydrogens (tertiary/aromatic N) is 3. The molecular formula is C40H50F4N6O9S. The van der Waals surface area contributed by atoms with Crippen LogP contribution in [0.2, 0.25) is 0 Å². The van der Waals surface area contributed by atoms with E-state index >= 15 is 8.78 Å². The highest BCUT2D eigenvalue weighted by molar-refractivity contribution is 7.91.